The summed E-state index contributed by atoms with van der Waals surface area (Å²) in [6, 6.07) is 1.70. The van der Waals surface area contributed by atoms with Crippen molar-refractivity contribution >= 4 is 15.8 Å². The Morgan fingerprint density at radius 3 is 2.79 bits per heavy atom. The fourth-order valence-corrected chi connectivity index (χ4v) is 3.52. The second-order valence-corrected chi connectivity index (χ2v) is 7.12. The van der Waals surface area contributed by atoms with Crippen molar-refractivity contribution in [3.63, 3.8) is 0 Å². The molecule has 0 aliphatic carbocycles. The van der Waals surface area contributed by atoms with Gasteiger partial charge in [0.25, 0.3) is 0 Å². The first-order valence-electron chi connectivity index (χ1n) is 6.13. The van der Waals surface area contributed by atoms with Gasteiger partial charge in [-0.2, -0.15) is 0 Å². The lowest BCUT2D eigenvalue weighted by Gasteiger charge is -2.17. The maximum absolute atomic E-state index is 11.5. The monoisotopic (exact) mass is 287 g/mol. The first kappa shape index (κ1) is 14.1. The fourth-order valence-electron chi connectivity index (χ4n) is 2.21. The summed E-state index contributed by atoms with van der Waals surface area (Å²) >= 11 is 0. The largest absolute Gasteiger partial charge is 0.475 e. The summed E-state index contributed by atoms with van der Waals surface area (Å²) in [5.41, 5.74) is 0.588. The summed E-state index contributed by atoms with van der Waals surface area (Å²) in [5, 5.41) is 8.91. The van der Waals surface area contributed by atoms with E-state index in [0.29, 0.717) is 37.4 Å². The van der Waals surface area contributed by atoms with E-state index < -0.39 is 15.8 Å². The third-order valence-electron chi connectivity index (χ3n) is 3.19. The molecule has 2 rings (SSSR count). The summed E-state index contributed by atoms with van der Waals surface area (Å²) in [7, 11) is -2.93. The van der Waals surface area contributed by atoms with Crippen molar-refractivity contribution in [2.24, 2.45) is 0 Å². The third kappa shape index (κ3) is 3.57. The summed E-state index contributed by atoms with van der Waals surface area (Å²) in [4.78, 5) is 12.9. The average Bonchev–Trinajstić information content (AvgIpc) is 2.57. The first-order chi connectivity index (χ1) is 8.87. The number of aromatic carboxylic acids is 1. The van der Waals surface area contributed by atoms with E-state index in [1.807, 2.05) is 4.90 Å². The highest BCUT2D eigenvalue weighted by molar-refractivity contribution is 7.91. The zero-order valence-electron chi connectivity index (χ0n) is 10.8. The van der Waals surface area contributed by atoms with Crippen LogP contribution in [0.5, 0.6) is 0 Å². The topological polar surface area (TPSA) is 87.8 Å². The minimum atomic E-state index is -2.93. The Morgan fingerprint density at radius 2 is 2.16 bits per heavy atom. The third-order valence-corrected chi connectivity index (χ3v) is 4.91. The Balaban J connectivity index is 2.05. The van der Waals surface area contributed by atoms with Crippen LogP contribution in [0.25, 0.3) is 0 Å². The van der Waals surface area contributed by atoms with Crippen LogP contribution in [-0.2, 0) is 16.4 Å². The average molecular weight is 287 g/mol. The van der Waals surface area contributed by atoms with Crippen molar-refractivity contribution in [3.8, 4) is 0 Å². The van der Waals surface area contributed by atoms with Crippen LogP contribution >= 0.6 is 0 Å². The van der Waals surface area contributed by atoms with Crippen LogP contribution in [0.3, 0.4) is 0 Å². The smallest absolute Gasteiger partial charge is 0.372 e. The van der Waals surface area contributed by atoms with Gasteiger partial charge in [0.1, 0.15) is 5.76 Å². The lowest BCUT2D eigenvalue weighted by Crippen LogP contribution is -2.26. The predicted octanol–water partition coefficient (Wildman–Crippen LogP) is 0.907. The molecule has 1 aromatic rings. The molecule has 2 heterocycles. The van der Waals surface area contributed by atoms with Crippen molar-refractivity contribution in [1.29, 1.82) is 0 Å². The van der Waals surface area contributed by atoms with Crippen LogP contribution in [0.2, 0.25) is 0 Å². The van der Waals surface area contributed by atoms with E-state index in [9.17, 15) is 13.2 Å². The zero-order chi connectivity index (χ0) is 14.0. The molecule has 0 spiro atoms. The van der Waals surface area contributed by atoms with Gasteiger partial charge in [0.15, 0.2) is 9.84 Å². The standard InChI is InChI=1S/C12H17NO5S/c1-9-7-10(18-11(9)12(14)15)8-13-3-2-5-19(16,17)6-4-13/h7H,2-6,8H2,1H3,(H,14,15). The van der Waals surface area contributed by atoms with Gasteiger partial charge < -0.3 is 9.52 Å². The number of carboxylic acid groups (broad SMARTS) is 1. The van der Waals surface area contributed by atoms with E-state index in [2.05, 4.69) is 0 Å². The minimum absolute atomic E-state index is 0.0440. The van der Waals surface area contributed by atoms with Crippen molar-refractivity contribution in [1.82, 2.24) is 4.90 Å². The molecule has 0 bridgehead atoms. The van der Waals surface area contributed by atoms with Crippen LogP contribution in [0, 0.1) is 6.92 Å². The molecule has 7 heteroatoms. The number of furan rings is 1. The molecular weight excluding hydrogens is 270 g/mol. The highest BCUT2D eigenvalue weighted by Gasteiger charge is 2.21. The Morgan fingerprint density at radius 1 is 1.42 bits per heavy atom. The van der Waals surface area contributed by atoms with E-state index in [1.54, 1.807) is 13.0 Å². The number of sulfone groups is 1. The lowest BCUT2D eigenvalue weighted by atomic mass is 10.2. The van der Waals surface area contributed by atoms with Crippen molar-refractivity contribution in [2.75, 3.05) is 24.6 Å². The van der Waals surface area contributed by atoms with Gasteiger partial charge in [-0.05, 0) is 26.0 Å². The van der Waals surface area contributed by atoms with Crippen LogP contribution in [0.4, 0.5) is 0 Å². The molecule has 106 valence electrons. The zero-order valence-corrected chi connectivity index (χ0v) is 11.6. The minimum Gasteiger partial charge on any atom is -0.475 e. The van der Waals surface area contributed by atoms with E-state index >= 15 is 0 Å². The number of hydrogen-bond donors (Lipinski definition) is 1. The van der Waals surface area contributed by atoms with Crippen LogP contribution in [0.1, 0.15) is 28.3 Å². The second kappa shape index (κ2) is 5.34. The Kier molecular flexibility index (Phi) is 3.96. The highest BCUT2D eigenvalue weighted by atomic mass is 32.2. The molecule has 19 heavy (non-hydrogen) atoms. The summed E-state index contributed by atoms with van der Waals surface area (Å²) in [5.74, 6) is -0.187. The quantitative estimate of drug-likeness (QED) is 0.889. The van der Waals surface area contributed by atoms with E-state index in [-0.39, 0.29) is 17.3 Å². The van der Waals surface area contributed by atoms with E-state index in [0.717, 1.165) is 0 Å². The molecular formula is C12H17NO5S. The molecule has 0 amide bonds. The highest BCUT2D eigenvalue weighted by Crippen LogP contribution is 2.17. The molecule has 1 aromatic heterocycles. The summed E-state index contributed by atoms with van der Waals surface area (Å²) in [6.07, 6.45) is 0.605. The lowest BCUT2D eigenvalue weighted by molar-refractivity contribution is 0.0657. The number of hydrogen-bond acceptors (Lipinski definition) is 5. The molecule has 6 nitrogen and oxygen atoms in total. The molecule has 0 atom stereocenters. The van der Waals surface area contributed by atoms with Crippen LogP contribution < -0.4 is 0 Å². The molecule has 1 aliphatic rings. The molecule has 0 saturated carbocycles. The fraction of sp³-hybridized carbons (Fsp3) is 0.583. The number of aryl methyl sites for hydroxylation is 1. The van der Waals surface area contributed by atoms with Gasteiger partial charge in [-0.1, -0.05) is 0 Å². The molecule has 0 unspecified atom stereocenters. The normalized spacial score (nSPS) is 20.1. The number of nitrogens with zero attached hydrogens (tertiary/aromatic N) is 1. The maximum Gasteiger partial charge on any atom is 0.372 e. The molecule has 0 aromatic carbocycles. The van der Waals surface area contributed by atoms with Gasteiger partial charge in [-0.15, -0.1) is 0 Å². The van der Waals surface area contributed by atoms with Gasteiger partial charge in [-0.3, -0.25) is 4.90 Å². The van der Waals surface area contributed by atoms with Gasteiger partial charge in [0, 0.05) is 12.1 Å². The first-order valence-corrected chi connectivity index (χ1v) is 7.95. The van der Waals surface area contributed by atoms with Crippen molar-refractivity contribution in [2.45, 2.75) is 19.9 Å². The van der Waals surface area contributed by atoms with Gasteiger partial charge in [0.05, 0.1) is 18.1 Å². The summed E-state index contributed by atoms with van der Waals surface area (Å²) in [6.45, 7) is 3.28. The van der Waals surface area contributed by atoms with Crippen molar-refractivity contribution < 1.29 is 22.7 Å². The maximum atomic E-state index is 11.5. The van der Waals surface area contributed by atoms with Gasteiger partial charge in [0.2, 0.25) is 5.76 Å². The van der Waals surface area contributed by atoms with Crippen molar-refractivity contribution in [3.05, 3.63) is 23.2 Å². The predicted molar refractivity (Wildman–Crippen MR) is 69.0 cm³/mol. The van der Waals surface area contributed by atoms with E-state index in [1.165, 1.54) is 0 Å². The molecule has 0 radical (unpaired) electrons. The molecule has 1 N–H and O–H groups in total. The molecule has 1 fully saturated rings. The molecule has 1 saturated heterocycles. The number of carbonyl (C=O) groups is 1. The Labute approximate surface area is 111 Å². The van der Waals surface area contributed by atoms with Gasteiger partial charge in [-0.25, -0.2) is 13.2 Å². The van der Waals surface area contributed by atoms with E-state index in [4.69, 9.17) is 9.52 Å². The summed E-state index contributed by atoms with van der Waals surface area (Å²) < 4.78 is 28.3. The van der Waals surface area contributed by atoms with Gasteiger partial charge >= 0.3 is 5.97 Å². The Bertz CT molecular complexity index is 575. The van der Waals surface area contributed by atoms with Crippen LogP contribution in [0.15, 0.2) is 10.5 Å². The number of carboxylic acids is 1. The second-order valence-electron chi connectivity index (χ2n) is 4.81. The molecule has 1 aliphatic heterocycles. The SMILES string of the molecule is Cc1cc(CN2CCCS(=O)(=O)CC2)oc1C(=O)O. The Hall–Kier alpha value is -1.34. The number of rotatable bonds is 3. The van der Waals surface area contributed by atoms with Crippen LogP contribution in [-0.4, -0.2) is 49.0 Å².